The van der Waals surface area contributed by atoms with Crippen LogP contribution in [0.25, 0.3) is 22.4 Å². The molecule has 1 heterocycles. The molecule has 110 valence electrons. The van der Waals surface area contributed by atoms with Crippen molar-refractivity contribution in [1.29, 1.82) is 0 Å². The third-order valence-corrected chi connectivity index (χ3v) is 4.25. The molecule has 1 nitrogen and oxygen atoms in total. The molecule has 3 aromatic rings. The van der Waals surface area contributed by atoms with Gasteiger partial charge in [0.25, 0.3) is 0 Å². The van der Waals surface area contributed by atoms with Gasteiger partial charge in [-0.15, -0.1) is 0 Å². The summed E-state index contributed by atoms with van der Waals surface area (Å²) in [4.78, 5) is 4.71. The van der Waals surface area contributed by atoms with E-state index in [0.717, 1.165) is 33.6 Å². The van der Waals surface area contributed by atoms with E-state index < -0.39 is 0 Å². The van der Waals surface area contributed by atoms with E-state index in [1.54, 1.807) is 0 Å². The Morgan fingerprint density at radius 3 is 2.27 bits per heavy atom. The quantitative estimate of drug-likeness (QED) is 0.544. The molecule has 0 N–H and O–H groups in total. The first-order chi connectivity index (χ1) is 10.7. The molecular formula is C19H15BrFN. The molecule has 1 aromatic heterocycles. The van der Waals surface area contributed by atoms with Gasteiger partial charge >= 0.3 is 0 Å². The molecule has 0 amide bonds. The van der Waals surface area contributed by atoms with Gasteiger partial charge in [-0.3, -0.25) is 4.98 Å². The molecule has 0 aliphatic heterocycles. The number of aromatic nitrogens is 1. The fourth-order valence-electron chi connectivity index (χ4n) is 2.51. The Bertz CT molecular complexity index is 783. The summed E-state index contributed by atoms with van der Waals surface area (Å²) in [6.07, 6.45) is 0. The van der Waals surface area contributed by atoms with Gasteiger partial charge in [-0.2, -0.15) is 0 Å². The maximum absolute atomic E-state index is 13.2. The highest BCUT2D eigenvalue weighted by molar-refractivity contribution is 9.08. The minimum absolute atomic E-state index is 0.224. The van der Waals surface area contributed by atoms with Crippen LogP contribution in [-0.2, 0) is 5.33 Å². The number of alkyl halides is 1. The molecule has 3 heteroatoms. The standard InChI is InChI=1S/C19H15BrFN/c1-13-18(12-20)17(14-7-9-16(21)10-8-14)11-19(22-13)15-5-3-2-4-6-15/h2-11H,12H2,1H3. The summed E-state index contributed by atoms with van der Waals surface area (Å²) >= 11 is 3.54. The maximum atomic E-state index is 13.2. The zero-order chi connectivity index (χ0) is 15.5. The van der Waals surface area contributed by atoms with E-state index in [-0.39, 0.29) is 5.82 Å². The zero-order valence-electron chi connectivity index (χ0n) is 12.2. The average molecular weight is 356 g/mol. The predicted octanol–water partition coefficient (Wildman–Crippen LogP) is 5.76. The van der Waals surface area contributed by atoms with Crippen LogP contribution >= 0.6 is 15.9 Å². The van der Waals surface area contributed by atoms with Crippen molar-refractivity contribution in [3.8, 4) is 22.4 Å². The molecule has 0 aliphatic carbocycles. The number of nitrogens with zero attached hydrogens (tertiary/aromatic N) is 1. The van der Waals surface area contributed by atoms with Crippen LogP contribution in [0.5, 0.6) is 0 Å². The summed E-state index contributed by atoms with van der Waals surface area (Å²) in [6, 6.07) is 18.8. The van der Waals surface area contributed by atoms with Crippen molar-refractivity contribution < 1.29 is 4.39 Å². The third-order valence-electron chi connectivity index (χ3n) is 3.69. The Labute approximate surface area is 138 Å². The molecule has 0 spiro atoms. The van der Waals surface area contributed by atoms with Crippen molar-refractivity contribution in [3.05, 3.63) is 77.7 Å². The van der Waals surface area contributed by atoms with Crippen LogP contribution in [0, 0.1) is 12.7 Å². The van der Waals surface area contributed by atoms with Gasteiger partial charge in [0, 0.05) is 16.6 Å². The fraction of sp³-hybridized carbons (Fsp3) is 0.105. The van der Waals surface area contributed by atoms with Gasteiger partial charge in [0.2, 0.25) is 0 Å². The van der Waals surface area contributed by atoms with Crippen LogP contribution < -0.4 is 0 Å². The molecule has 0 radical (unpaired) electrons. The van der Waals surface area contributed by atoms with Crippen LogP contribution in [0.2, 0.25) is 0 Å². The Kier molecular flexibility index (Phi) is 4.34. The summed E-state index contributed by atoms with van der Waals surface area (Å²) in [7, 11) is 0. The summed E-state index contributed by atoms with van der Waals surface area (Å²) in [5, 5.41) is 0.716. The van der Waals surface area contributed by atoms with E-state index >= 15 is 0 Å². The highest BCUT2D eigenvalue weighted by Crippen LogP contribution is 2.31. The monoisotopic (exact) mass is 355 g/mol. The number of rotatable bonds is 3. The van der Waals surface area contributed by atoms with E-state index in [4.69, 9.17) is 4.98 Å². The van der Waals surface area contributed by atoms with E-state index in [0.29, 0.717) is 5.33 Å². The molecule has 0 saturated heterocycles. The summed E-state index contributed by atoms with van der Waals surface area (Å²) < 4.78 is 13.2. The van der Waals surface area contributed by atoms with E-state index in [2.05, 4.69) is 22.0 Å². The first-order valence-electron chi connectivity index (χ1n) is 7.07. The molecule has 0 bridgehead atoms. The topological polar surface area (TPSA) is 12.9 Å². The smallest absolute Gasteiger partial charge is 0.123 e. The molecule has 0 aliphatic rings. The Morgan fingerprint density at radius 2 is 1.64 bits per heavy atom. The first-order valence-corrected chi connectivity index (χ1v) is 8.19. The highest BCUT2D eigenvalue weighted by Gasteiger charge is 2.12. The largest absolute Gasteiger partial charge is 0.253 e. The Morgan fingerprint density at radius 1 is 0.955 bits per heavy atom. The number of pyridine rings is 1. The molecular weight excluding hydrogens is 341 g/mol. The van der Waals surface area contributed by atoms with Gasteiger partial charge < -0.3 is 0 Å². The minimum Gasteiger partial charge on any atom is -0.253 e. The molecule has 2 aromatic carbocycles. The lowest BCUT2D eigenvalue weighted by molar-refractivity contribution is 0.628. The van der Waals surface area contributed by atoms with Gasteiger partial charge in [0.05, 0.1) is 5.69 Å². The maximum Gasteiger partial charge on any atom is 0.123 e. The molecule has 0 saturated carbocycles. The molecule has 0 atom stereocenters. The fourth-order valence-corrected chi connectivity index (χ4v) is 3.22. The summed E-state index contributed by atoms with van der Waals surface area (Å²) in [5.74, 6) is -0.224. The third kappa shape index (κ3) is 2.95. The second-order valence-corrected chi connectivity index (χ2v) is 5.69. The van der Waals surface area contributed by atoms with Gasteiger partial charge in [-0.1, -0.05) is 58.4 Å². The first kappa shape index (κ1) is 14.9. The zero-order valence-corrected chi connectivity index (χ0v) is 13.8. The van der Waals surface area contributed by atoms with Crippen molar-refractivity contribution in [2.45, 2.75) is 12.3 Å². The second-order valence-electron chi connectivity index (χ2n) is 5.13. The SMILES string of the molecule is Cc1nc(-c2ccccc2)cc(-c2ccc(F)cc2)c1CBr. The summed E-state index contributed by atoms with van der Waals surface area (Å²) in [6.45, 7) is 2.01. The summed E-state index contributed by atoms with van der Waals surface area (Å²) in [5.41, 5.74) is 6.21. The Balaban J connectivity index is 2.19. The lowest BCUT2D eigenvalue weighted by Gasteiger charge is -2.13. The van der Waals surface area contributed by atoms with E-state index in [1.165, 1.54) is 12.1 Å². The van der Waals surface area contributed by atoms with Gasteiger partial charge in [-0.25, -0.2) is 4.39 Å². The average Bonchev–Trinajstić information content (AvgIpc) is 2.55. The molecule has 0 fully saturated rings. The highest BCUT2D eigenvalue weighted by atomic mass is 79.9. The number of hydrogen-bond acceptors (Lipinski definition) is 1. The van der Waals surface area contributed by atoms with Crippen molar-refractivity contribution in [2.24, 2.45) is 0 Å². The normalized spacial score (nSPS) is 10.7. The van der Waals surface area contributed by atoms with E-state index in [9.17, 15) is 4.39 Å². The van der Waals surface area contributed by atoms with Crippen LogP contribution in [0.3, 0.4) is 0 Å². The second kappa shape index (κ2) is 6.41. The van der Waals surface area contributed by atoms with Crippen molar-refractivity contribution >= 4 is 15.9 Å². The van der Waals surface area contributed by atoms with Crippen molar-refractivity contribution in [3.63, 3.8) is 0 Å². The lowest BCUT2D eigenvalue weighted by Crippen LogP contribution is -1.97. The minimum atomic E-state index is -0.224. The predicted molar refractivity (Wildman–Crippen MR) is 92.4 cm³/mol. The number of benzene rings is 2. The van der Waals surface area contributed by atoms with Crippen molar-refractivity contribution in [1.82, 2.24) is 4.98 Å². The van der Waals surface area contributed by atoms with Gasteiger partial charge in [-0.05, 0) is 41.8 Å². The van der Waals surface area contributed by atoms with E-state index in [1.807, 2.05) is 49.4 Å². The molecule has 3 rings (SSSR count). The van der Waals surface area contributed by atoms with Crippen LogP contribution in [0.15, 0.2) is 60.7 Å². The van der Waals surface area contributed by atoms with Crippen LogP contribution in [0.4, 0.5) is 4.39 Å². The lowest BCUT2D eigenvalue weighted by atomic mass is 9.97. The van der Waals surface area contributed by atoms with Crippen LogP contribution in [-0.4, -0.2) is 4.98 Å². The molecule has 0 unspecified atom stereocenters. The Hall–Kier alpha value is -2.00. The van der Waals surface area contributed by atoms with Gasteiger partial charge in [0.1, 0.15) is 5.82 Å². The molecule has 22 heavy (non-hydrogen) atoms. The number of aryl methyl sites for hydroxylation is 1. The van der Waals surface area contributed by atoms with Crippen LogP contribution in [0.1, 0.15) is 11.3 Å². The van der Waals surface area contributed by atoms with Gasteiger partial charge in [0.15, 0.2) is 0 Å². The van der Waals surface area contributed by atoms with Crippen molar-refractivity contribution in [2.75, 3.05) is 0 Å². The number of halogens is 2. The number of hydrogen-bond donors (Lipinski definition) is 0.